The summed E-state index contributed by atoms with van der Waals surface area (Å²) in [5.74, 6) is -0.0244. The van der Waals surface area contributed by atoms with E-state index in [4.69, 9.17) is 5.26 Å². The van der Waals surface area contributed by atoms with Crippen LogP contribution in [0.1, 0.15) is 22.4 Å². The summed E-state index contributed by atoms with van der Waals surface area (Å²) in [4.78, 5) is 17.9. The molecule has 1 aromatic heterocycles. The maximum absolute atomic E-state index is 12.6. The third-order valence-electron chi connectivity index (χ3n) is 4.68. The molecule has 1 N–H and O–H groups in total. The molecule has 0 saturated carbocycles. The Morgan fingerprint density at radius 3 is 2.84 bits per heavy atom. The Labute approximate surface area is 146 Å². The molecule has 2 aromatic carbocycles. The molecular formula is C21H17N3O. The molecule has 0 unspecified atom stereocenters. The highest BCUT2D eigenvalue weighted by molar-refractivity contribution is 5.93. The number of fused-ring (bicyclic) bond motifs is 3. The van der Waals surface area contributed by atoms with Gasteiger partial charge in [-0.05, 0) is 23.8 Å². The van der Waals surface area contributed by atoms with Crippen molar-refractivity contribution in [1.29, 1.82) is 5.26 Å². The van der Waals surface area contributed by atoms with Crippen LogP contribution in [0.4, 0.5) is 0 Å². The Hall–Kier alpha value is -3.32. The average molecular weight is 327 g/mol. The van der Waals surface area contributed by atoms with Crippen LogP contribution in [0.3, 0.4) is 0 Å². The molecule has 4 heteroatoms. The molecule has 2 heterocycles. The second kappa shape index (κ2) is 6.29. The summed E-state index contributed by atoms with van der Waals surface area (Å²) >= 11 is 0. The number of nitrogens with zero attached hydrogens (tertiary/aromatic N) is 2. The number of aromatic amines is 1. The fraction of sp³-hybridized carbons (Fsp3) is 0.143. The van der Waals surface area contributed by atoms with Gasteiger partial charge in [-0.3, -0.25) is 4.79 Å². The topological polar surface area (TPSA) is 59.9 Å². The molecule has 122 valence electrons. The highest BCUT2D eigenvalue weighted by Crippen LogP contribution is 2.27. The van der Waals surface area contributed by atoms with Crippen LogP contribution in [0.5, 0.6) is 0 Å². The standard InChI is InChI=1S/C21H17N3O/c22-13-16-6-2-1-5-15(16)9-10-21(25)24-12-11-20-18(14-24)17-7-3-4-8-19(17)23-20/h1-10,23H,11-12,14H2. The lowest BCUT2D eigenvalue weighted by atomic mass is 10.0. The molecule has 0 aliphatic carbocycles. The maximum Gasteiger partial charge on any atom is 0.246 e. The van der Waals surface area contributed by atoms with E-state index in [9.17, 15) is 4.79 Å². The van der Waals surface area contributed by atoms with E-state index in [-0.39, 0.29) is 5.91 Å². The number of carbonyl (C=O) groups is 1. The largest absolute Gasteiger partial charge is 0.358 e. The third-order valence-corrected chi connectivity index (χ3v) is 4.68. The van der Waals surface area contributed by atoms with Crippen LogP contribution in [0.25, 0.3) is 17.0 Å². The summed E-state index contributed by atoms with van der Waals surface area (Å²) in [5, 5.41) is 10.3. The molecule has 0 spiro atoms. The first-order chi connectivity index (χ1) is 12.3. The van der Waals surface area contributed by atoms with Crippen LogP contribution < -0.4 is 0 Å². The van der Waals surface area contributed by atoms with Gasteiger partial charge in [0.2, 0.25) is 5.91 Å². The van der Waals surface area contributed by atoms with Crippen LogP contribution >= 0.6 is 0 Å². The van der Waals surface area contributed by atoms with Gasteiger partial charge in [0.05, 0.1) is 11.6 Å². The Bertz CT molecular complexity index is 1020. The van der Waals surface area contributed by atoms with Gasteiger partial charge in [0.1, 0.15) is 0 Å². The Morgan fingerprint density at radius 2 is 1.96 bits per heavy atom. The molecule has 0 bridgehead atoms. The molecule has 0 atom stereocenters. The van der Waals surface area contributed by atoms with Crippen LogP contribution in [0.15, 0.2) is 54.6 Å². The summed E-state index contributed by atoms with van der Waals surface area (Å²) in [6, 6.07) is 17.6. The van der Waals surface area contributed by atoms with Gasteiger partial charge >= 0.3 is 0 Å². The zero-order chi connectivity index (χ0) is 17.2. The quantitative estimate of drug-likeness (QED) is 0.731. The minimum atomic E-state index is -0.0244. The van der Waals surface area contributed by atoms with E-state index in [2.05, 4.69) is 23.2 Å². The average Bonchev–Trinajstić information content (AvgIpc) is 3.04. The number of rotatable bonds is 2. The van der Waals surface area contributed by atoms with Crippen molar-refractivity contribution in [2.45, 2.75) is 13.0 Å². The van der Waals surface area contributed by atoms with Crippen molar-refractivity contribution in [3.05, 3.63) is 77.0 Å². The lowest BCUT2D eigenvalue weighted by molar-refractivity contribution is -0.126. The zero-order valence-electron chi connectivity index (χ0n) is 13.7. The van der Waals surface area contributed by atoms with E-state index in [0.29, 0.717) is 18.7 Å². The molecule has 0 fully saturated rings. The van der Waals surface area contributed by atoms with Crippen molar-refractivity contribution in [2.24, 2.45) is 0 Å². The van der Waals surface area contributed by atoms with E-state index in [1.165, 1.54) is 16.6 Å². The minimum absolute atomic E-state index is 0.0244. The number of hydrogen-bond acceptors (Lipinski definition) is 2. The maximum atomic E-state index is 12.6. The smallest absolute Gasteiger partial charge is 0.246 e. The summed E-state index contributed by atoms with van der Waals surface area (Å²) < 4.78 is 0. The number of benzene rings is 2. The predicted octanol–water partition coefficient (Wildman–Crippen LogP) is 3.64. The molecule has 1 amide bonds. The van der Waals surface area contributed by atoms with Crippen molar-refractivity contribution in [2.75, 3.05) is 6.54 Å². The lowest BCUT2D eigenvalue weighted by Crippen LogP contribution is -2.34. The van der Waals surface area contributed by atoms with Gasteiger partial charge in [0, 0.05) is 47.7 Å². The minimum Gasteiger partial charge on any atom is -0.358 e. The normalized spacial score (nSPS) is 13.8. The molecule has 4 nitrogen and oxygen atoms in total. The van der Waals surface area contributed by atoms with Gasteiger partial charge in [-0.2, -0.15) is 5.26 Å². The van der Waals surface area contributed by atoms with Gasteiger partial charge in [-0.15, -0.1) is 0 Å². The number of para-hydroxylation sites is 1. The number of nitrogens with one attached hydrogen (secondary N) is 1. The van der Waals surface area contributed by atoms with Crippen molar-refractivity contribution < 1.29 is 4.79 Å². The first kappa shape index (κ1) is 15.2. The van der Waals surface area contributed by atoms with E-state index < -0.39 is 0 Å². The molecule has 0 radical (unpaired) electrons. The Balaban J connectivity index is 1.56. The van der Waals surface area contributed by atoms with Crippen LogP contribution in [0.2, 0.25) is 0 Å². The SMILES string of the molecule is N#Cc1ccccc1C=CC(=O)N1CCc2[nH]c3ccccc3c2C1. The molecule has 1 aliphatic heterocycles. The van der Waals surface area contributed by atoms with Gasteiger partial charge in [-0.1, -0.05) is 36.4 Å². The second-order valence-corrected chi connectivity index (χ2v) is 6.17. The van der Waals surface area contributed by atoms with Crippen LogP contribution in [-0.4, -0.2) is 22.3 Å². The molecule has 1 aliphatic rings. The monoisotopic (exact) mass is 327 g/mol. The second-order valence-electron chi connectivity index (χ2n) is 6.17. The van der Waals surface area contributed by atoms with Crippen LogP contribution in [-0.2, 0) is 17.8 Å². The summed E-state index contributed by atoms with van der Waals surface area (Å²) in [6.07, 6.45) is 4.13. The van der Waals surface area contributed by atoms with E-state index >= 15 is 0 Å². The molecular weight excluding hydrogens is 310 g/mol. The van der Waals surface area contributed by atoms with Gasteiger partial charge in [0.25, 0.3) is 0 Å². The predicted molar refractivity (Wildman–Crippen MR) is 97.6 cm³/mol. The zero-order valence-corrected chi connectivity index (χ0v) is 13.7. The Morgan fingerprint density at radius 1 is 1.16 bits per heavy atom. The highest BCUT2D eigenvalue weighted by atomic mass is 16.2. The summed E-state index contributed by atoms with van der Waals surface area (Å²) in [7, 11) is 0. The number of H-pyrrole nitrogens is 1. The fourth-order valence-electron chi connectivity index (χ4n) is 3.37. The summed E-state index contributed by atoms with van der Waals surface area (Å²) in [6.45, 7) is 1.31. The number of amides is 1. The van der Waals surface area contributed by atoms with Gasteiger partial charge in [-0.25, -0.2) is 0 Å². The van der Waals surface area contributed by atoms with Crippen molar-refractivity contribution in [3.8, 4) is 6.07 Å². The number of nitriles is 1. The summed E-state index contributed by atoms with van der Waals surface area (Å²) in [5.41, 5.74) is 4.90. The molecule has 0 saturated heterocycles. The lowest BCUT2D eigenvalue weighted by Gasteiger charge is -2.26. The number of carbonyl (C=O) groups excluding carboxylic acids is 1. The number of aromatic nitrogens is 1. The molecule has 3 aromatic rings. The third kappa shape index (κ3) is 2.81. The van der Waals surface area contributed by atoms with E-state index in [1.54, 1.807) is 18.2 Å². The number of hydrogen-bond donors (Lipinski definition) is 1. The van der Waals surface area contributed by atoms with Crippen molar-refractivity contribution in [3.63, 3.8) is 0 Å². The Kier molecular flexibility index (Phi) is 3.83. The highest BCUT2D eigenvalue weighted by Gasteiger charge is 2.22. The molecule has 4 rings (SSSR count). The van der Waals surface area contributed by atoms with E-state index in [0.717, 1.165) is 17.5 Å². The van der Waals surface area contributed by atoms with Gasteiger partial charge < -0.3 is 9.88 Å². The molecule has 25 heavy (non-hydrogen) atoms. The van der Waals surface area contributed by atoms with Gasteiger partial charge in [0.15, 0.2) is 0 Å². The fourth-order valence-corrected chi connectivity index (χ4v) is 3.37. The van der Waals surface area contributed by atoms with Crippen molar-refractivity contribution >= 4 is 22.9 Å². The van der Waals surface area contributed by atoms with Crippen LogP contribution in [0, 0.1) is 11.3 Å². The van der Waals surface area contributed by atoms with E-state index in [1.807, 2.05) is 35.2 Å². The first-order valence-electron chi connectivity index (χ1n) is 8.31. The first-order valence-corrected chi connectivity index (χ1v) is 8.31. The van der Waals surface area contributed by atoms with Crippen molar-refractivity contribution in [1.82, 2.24) is 9.88 Å².